The molecule has 1 atom stereocenters. The zero-order valence-electron chi connectivity index (χ0n) is 19.0. The van der Waals surface area contributed by atoms with Crippen molar-refractivity contribution in [2.24, 2.45) is 7.05 Å². The van der Waals surface area contributed by atoms with Gasteiger partial charge in [-0.1, -0.05) is 0 Å². The van der Waals surface area contributed by atoms with Crippen LogP contribution >= 0.6 is 11.5 Å². The molecule has 5 rings (SSSR count). The van der Waals surface area contributed by atoms with Crippen LogP contribution in [0.15, 0.2) is 46.2 Å². The third-order valence-electron chi connectivity index (χ3n) is 6.19. The summed E-state index contributed by atoms with van der Waals surface area (Å²) >= 11 is -1.47. The average Bonchev–Trinajstić information content (AvgIpc) is 3.31. The van der Waals surface area contributed by atoms with Gasteiger partial charge in [0.2, 0.25) is 0 Å². The lowest BCUT2D eigenvalue weighted by molar-refractivity contribution is 0.411. The van der Waals surface area contributed by atoms with E-state index in [0.717, 1.165) is 19.4 Å². The van der Waals surface area contributed by atoms with Crippen molar-refractivity contribution in [2.75, 3.05) is 11.0 Å². The van der Waals surface area contributed by atoms with Gasteiger partial charge < -0.3 is 4.55 Å². The highest BCUT2D eigenvalue weighted by atomic mass is 32.2. The van der Waals surface area contributed by atoms with Crippen LogP contribution < -0.4 is 15.6 Å². The molecule has 1 saturated carbocycles. The second-order valence-electron chi connectivity index (χ2n) is 8.79. The molecule has 10 nitrogen and oxygen atoms in total. The molecule has 0 saturated heterocycles. The summed E-state index contributed by atoms with van der Waals surface area (Å²) in [4.78, 5) is 27.8. The van der Waals surface area contributed by atoms with Gasteiger partial charge in [-0.05, 0) is 55.6 Å². The molecular weight excluding hydrogens is 495 g/mol. The predicted molar refractivity (Wildman–Crippen MR) is 130 cm³/mol. The summed E-state index contributed by atoms with van der Waals surface area (Å²) in [6, 6.07) is 6.35. The molecule has 4 aromatic rings. The van der Waals surface area contributed by atoms with E-state index in [1.54, 1.807) is 30.2 Å². The minimum atomic E-state index is -2.73. The number of halogens is 1. The van der Waals surface area contributed by atoms with Crippen molar-refractivity contribution >= 4 is 39.4 Å². The fourth-order valence-corrected chi connectivity index (χ4v) is 5.82. The third-order valence-corrected chi connectivity index (χ3v) is 7.95. The van der Waals surface area contributed by atoms with E-state index in [9.17, 15) is 22.7 Å². The van der Waals surface area contributed by atoms with Gasteiger partial charge in [-0.3, -0.25) is 27.1 Å². The minimum absolute atomic E-state index is 0.000982. The molecule has 3 aromatic heterocycles. The van der Waals surface area contributed by atoms with Crippen molar-refractivity contribution in [1.82, 2.24) is 23.3 Å². The van der Waals surface area contributed by atoms with E-state index in [4.69, 9.17) is 0 Å². The first-order chi connectivity index (χ1) is 16.7. The molecule has 3 heterocycles. The number of aryl methyl sites for hydroxylation is 2. The van der Waals surface area contributed by atoms with Gasteiger partial charge in [0.05, 0.1) is 41.4 Å². The fraction of sp³-hybridized carbons (Fsp3) is 0.364. The van der Waals surface area contributed by atoms with Gasteiger partial charge in [-0.2, -0.15) is 9.47 Å². The Morgan fingerprint density at radius 2 is 2.00 bits per heavy atom. The number of aromatic nitrogens is 5. The van der Waals surface area contributed by atoms with Gasteiger partial charge in [0.15, 0.2) is 0 Å². The molecule has 0 bridgehead atoms. The molecule has 1 unspecified atom stereocenters. The van der Waals surface area contributed by atoms with Crippen LogP contribution in [0, 0.1) is 6.92 Å². The highest BCUT2D eigenvalue weighted by Crippen LogP contribution is 2.45. The van der Waals surface area contributed by atoms with Crippen LogP contribution in [-0.4, -0.2) is 44.3 Å². The number of alkyl halides is 1. The molecule has 1 fully saturated rings. The van der Waals surface area contributed by atoms with E-state index >= 15 is 0 Å². The lowest BCUT2D eigenvalue weighted by Gasteiger charge is -2.33. The Hall–Kier alpha value is -3.16. The zero-order valence-corrected chi connectivity index (χ0v) is 20.6. The van der Waals surface area contributed by atoms with Crippen LogP contribution in [-0.2, 0) is 31.4 Å². The lowest BCUT2D eigenvalue weighted by atomic mass is 10.2. The Labute approximate surface area is 205 Å². The summed E-state index contributed by atoms with van der Waals surface area (Å²) < 4.78 is 47.3. The Morgan fingerprint density at radius 3 is 2.57 bits per heavy atom. The van der Waals surface area contributed by atoms with Gasteiger partial charge in [0.1, 0.15) is 6.67 Å². The highest BCUT2D eigenvalue weighted by molar-refractivity contribution is 7.80. The first kappa shape index (κ1) is 23.6. The maximum Gasteiger partial charge on any atom is 0.332 e. The van der Waals surface area contributed by atoms with E-state index in [2.05, 4.69) is 9.47 Å². The minimum Gasteiger partial charge on any atom is -0.755 e. The monoisotopic (exact) mass is 517 g/mol. The van der Waals surface area contributed by atoms with Gasteiger partial charge in [-0.15, -0.1) is 0 Å². The van der Waals surface area contributed by atoms with Gasteiger partial charge in [0, 0.05) is 40.6 Å². The molecule has 13 heteroatoms. The van der Waals surface area contributed by atoms with Crippen molar-refractivity contribution in [1.29, 1.82) is 0 Å². The molecular formula is C22H22FN6O4S2-. The molecule has 1 aliphatic rings. The van der Waals surface area contributed by atoms with Crippen molar-refractivity contribution in [3.63, 3.8) is 0 Å². The number of benzene rings is 1. The summed E-state index contributed by atoms with van der Waals surface area (Å²) in [6.45, 7) is 1.22. The number of hydrogen-bond donors (Lipinski definition) is 0. The molecule has 0 aliphatic heterocycles. The highest BCUT2D eigenvalue weighted by Gasteiger charge is 2.49. The molecule has 1 aromatic carbocycles. The van der Waals surface area contributed by atoms with Crippen LogP contribution in [0.1, 0.15) is 29.0 Å². The number of nitrogens with zero attached hydrogens (tertiary/aromatic N) is 6. The van der Waals surface area contributed by atoms with Crippen molar-refractivity contribution in [3.8, 4) is 0 Å². The molecule has 0 spiro atoms. The largest absolute Gasteiger partial charge is 0.755 e. The SMILES string of the molecule is Cc1cc(Cn2c(=O)n(Cc3cnn(C)c3)c(=O)c3cc(N(S(=O)[O-])C4(CF)CC4)ccc32)sn1. The van der Waals surface area contributed by atoms with E-state index in [1.165, 1.54) is 28.2 Å². The summed E-state index contributed by atoms with van der Waals surface area (Å²) in [5.74, 6) is 0. The van der Waals surface area contributed by atoms with E-state index in [-0.39, 0.29) is 24.2 Å². The quantitative estimate of drug-likeness (QED) is 0.329. The van der Waals surface area contributed by atoms with Gasteiger partial charge >= 0.3 is 5.69 Å². The fourth-order valence-electron chi connectivity index (χ4n) is 4.27. The van der Waals surface area contributed by atoms with Crippen LogP contribution in [0.4, 0.5) is 10.1 Å². The summed E-state index contributed by atoms with van der Waals surface area (Å²) in [5, 5.41) is 4.27. The Kier molecular flexibility index (Phi) is 5.93. The maximum atomic E-state index is 13.8. The van der Waals surface area contributed by atoms with Gasteiger partial charge in [0.25, 0.3) is 5.56 Å². The third kappa shape index (κ3) is 4.23. The topological polar surface area (TPSA) is 118 Å². The molecule has 184 valence electrons. The predicted octanol–water partition coefficient (Wildman–Crippen LogP) is 1.86. The van der Waals surface area contributed by atoms with Crippen molar-refractivity contribution in [2.45, 2.75) is 38.4 Å². The van der Waals surface area contributed by atoms with E-state index in [1.807, 2.05) is 13.0 Å². The average molecular weight is 518 g/mol. The molecule has 0 amide bonds. The zero-order chi connectivity index (χ0) is 24.9. The van der Waals surface area contributed by atoms with Crippen LogP contribution in [0.5, 0.6) is 0 Å². The van der Waals surface area contributed by atoms with E-state index < -0.39 is 34.7 Å². The van der Waals surface area contributed by atoms with Crippen molar-refractivity contribution in [3.05, 3.63) is 73.6 Å². The summed E-state index contributed by atoms with van der Waals surface area (Å²) in [7, 11) is 1.74. The number of hydrogen-bond acceptors (Lipinski definition) is 7. The summed E-state index contributed by atoms with van der Waals surface area (Å²) in [6.07, 6.45) is 4.07. The molecule has 0 radical (unpaired) electrons. The first-order valence-corrected chi connectivity index (χ1v) is 12.7. The number of fused-ring (bicyclic) bond motifs is 1. The first-order valence-electron chi connectivity index (χ1n) is 10.8. The normalized spacial score (nSPS) is 15.4. The van der Waals surface area contributed by atoms with E-state index in [0.29, 0.717) is 23.9 Å². The number of rotatable bonds is 8. The Balaban J connectivity index is 1.71. The second kappa shape index (κ2) is 8.81. The Morgan fingerprint density at radius 1 is 1.23 bits per heavy atom. The van der Waals surface area contributed by atoms with Crippen LogP contribution in [0.2, 0.25) is 0 Å². The summed E-state index contributed by atoms with van der Waals surface area (Å²) in [5.41, 5.74) is -0.152. The maximum absolute atomic E-state index is 13.8. The molecule has 35 heavy (non-hydrogen) atoms. The molecule has 0 N–H and O–H groups in total. The van der Waals surface area contributed by atoms with Crippen LogP contribution in [0.25, 0.3) is 10.9 Å². The standard InChI is InChI=1S/C22H23FN6O4S2/c1-14-7-17(34-25-14)12-27-19-4-3-16(29(35(32)33)22(13-23)5-6-22)8-18(19)20(30)28(21(27)31)11-15-9-24-26(2)10-15/h3-4,7-10H,5-6,11-13H2,1-2H3,(H,32,33)/p-1. The lowest BCUT2D eigenvalue weighted by Crippen LogP contribution is -2.42. The second-order valence-corrected chi connectivity index (χ2v) is 10.5. The molecule has 1 aliphatic carbocycles. The van der Waals surface area contributed by atoms with Crippen molar-refractivity contribution < 1.29 is 13.2 Å². The van der Waals surface area contributed by atoms with Gasteiger partial charge in [-0.25, -0.2) is 9.18 Å². The van der Waals surface area contributed by atoms with Crippen LogP contribution in [0.3, 0.4) is 0 Å². The Bertz CT molecular complexity index is 1570. The number of anilines is 1. The smallest absolute Gasteiger partial charge is 0.332 e.